The number of benzene rings is 1. The van der Waals surface area contributed by atoms with Crippen molar-refractivity contribution in [1.29, 1.82) is 0 Å². The van der Waals surface area contributed by atoms with Crippen LogP contribution in [0.1, 0.15) is 17.2 Å². The van der Waals surface area contributed by atoms with Crippen molar-refractivity contribution in [2.24, 2.45) is 0 Å². The Labute approximate surface area is 120 Å². The first-order valence-electron chi connectivity index (χ1n) is 5.29. The lowest BCUT2D eigenvalue weighted by Gasteiger charge is -2.32. The van der Waals surface area contributed by atoms with Crippen LogP contribution < -0.4 is 5.32 Å². The van der Waals surface area contributed by atoms with Crippen molar-refractivity contribution in [2.45, 2.75) is 18.1 Å². The van der Waals surface area contributed by atoms with Gasteiger partial charge in [0.15, 0.2) is 6.61 Å². The number of alkyl halides is 5. The summed E-state index contributed by atoms with van der Waals surface area (Å²) in [4.78, 5) is 10.9. The van der Waals surface area contributed by atoms with Crippen molar-refractivity contribution >= 4 is 18.5 Å². The number of alkyl carbamates (subject to hydrolysis) is 1. The maximum absolute atomic E-state index is 13.8. The molecule has 1 aromatic carbocycles. The summed E-state index contributed by atoms with van der Waals surface area (Å²) in [6.45, 7) is -1.33. The molecule has 1 aromatic rings. The van der Waals surface area contributed by atoms with Crippen molar-refractivity contribution < 1.29 is 35.9 Å². The fourth-order valence-corrected chi connectivity index (χ4v) is 1.81. The molecule has 10 heteroatoms. The Morgan fingerprint density at radius 3 is 2.48 bits per heavy atom. The van der Waals surface area contributed by atoms with Crippen molar-refractivity contribution in [1.82, 2.24) is 5.32 Å². The zero-order valence-corrected chi connectivity index (χ0v) is 10.8. The van der Waals surface area contributed by atoms with Gasteiger partial charge in [0.1, 0.15) is 11.9 Å². The normalized spacial score (nSPS) is 21.0. The molecule has 1 N–H and O–H groups in total. The number of hydrogen-bond acceptors (Lipinski definition) is 2. The molecule has 0 saturated carbocycles. The Balaban J connectivity index is 0.00000220. The summed E-state index contributed by atoms with van der Waals surface area (Å²) in [7, 11) is 0. The van der Waals surface area contributed by atoms with E-state index in [1.165, 1.54) is 0 Å². The van der Waals surface area contributed by atoms with Crippen LogP contribution in [0.5, 0.6) is 0 Å². The average Bonchev–Trinajstić information content (AvgIpc) is 2.31. The lowest BCUT2D eigenvalue weighted by atomic mass is 9.97. The summed E-state index contributed by atoms with van der Waals surface area (Å²) in [5, 5.41) is 1.62. The fraction of sp³-hybridized carbons (Fsp3) is 0.364. The molecular weight excluding hydrogens is 328 g/mol. The first-order valence-corrected chi connectivity index (χ1v) is 5.29. The minimum atomic E-state index is -5.02. The standard InChI is InChI=1S/C11H7F6NO2.ClH/c12-7-5(2-1-3-6(7)11(15,16)17)8-10(13,14)4-20-9(19)18-8;/h1-3,8H,4H2,(H,18,19);1H/t8-;/m0./s1. The van der Waals surface area contributed by atoms with Crippen molar-refractivity contribution in [3.63, 3.8) is 0 Å². The van der Waals surface area contributed by atoms with Gasteiger partial charge in [0.2, 0.25) is 0 Å². The molecule has 1 heterocycles. The topological polar surface area (TPSA) is 38.3 Å². The molecule has 0 radical (unpaired) electrons. The van der Waals surface area contributed by atoms with E-state index in [0.717, 1.165) is 12.1 Å². The van der Waals surface area contributed by atoms with Gasteiger partial charge in [0.25, 0.3) is 0 Å². The number of ether oxygens (including phenoxy) is 1. The van der Waals surface area contributed by atoms with Gasteiger partial charge in [-0.2, -0.15) is 13.2 Å². The quantitative estimate of drug-likeness (QED) is 0.795. The summed E-state index contributed by atoms with van der Waals surface area (Å²) < 4.78 is 82.5. The first kappa shape index (κ1) is 17.4. The number of carbonyl (C=O) groups is 1. The Hall–Kier alpha value is -1.64. The monoisotopic (exact) mass is 335 g/mol. The van der Waals surface area contributed by atoms with E-state index < -0.39 is 47.8 Å². The molecule has 0 unspecified atom stereocenters. The molecule has 0 aromatic heterocycles. The zero-order chi connectivity index (χ0) is 15.1. The Kier molecular flexibility index (Phi) is 4.66. The highest BCUT2D eigenvalue weighted by molar-refractivity contribution is 5.85. The van der Waals surface area contributed by atoms with Crippen LogP contribution in [0.4, 0.5) is 31.1 Å². The number of hydrogen-bond donors (Lipinski definition) is 1. The highest BCUT2D eigenvalue weighted by Crippen LogP contribution is 2.39. The molecule has 1 fully saturated rings. The lowest BCUT2D eigenvalue weighted by molar-refractivity contribution is -0.140. The number of amides is 1. The van der Waals surface area contributed by atoms with Crippen LogP contribution in [0.3, 0.4) is 0 Å². The SMILES string of the molecule is Cl.O=C1N[C@@H](c2cccc(C(F)(F)F)c2F)C(F)(F)CO1. The number of carbonyl (C=O) groups excluding carboxylic acids is 1. The largest absolute Gasteiger partial charge is 0.443 e. The zero-order valence-electron chi connectivity index (χ0n) is 10.0. The highest BCUT2D eigenvalue weighted by atomic mass is 35.5. The average molecular weight is 336 g/mol. The van der Waals surface area contributed by atoms with E-state index >= 15 is 0 Å². The molecule has 118 valence electrons. The summed E-state index contributed by atoms with van der Waals surface area (Å²) in [5.74, 6) is -5.56. The van der Waals surface area contributed by atoms with Crippen molar-refractivity contribution in [3.8, 4) is 0 Å². The second kappa shape index (κ2) is 5.63. The smallest absolute Gasteiger partial charge is 0.419 e. The summed E-state index contributed by atoms with van der Waals surface area (Å²) >= 11 is 0. The number of nitrogens with one attached hydrogen (secondary N) is 1. The molecule has 1 aliphatic heterocycles. The van der Waals surface area contributed by atoms with Gasteiger partial charge in [-0.15, -0.1) is 12.4 Å². The van der Waals surface area contributed by atoms with E-state index in [9.17, 15) is 31.1 Å². The third-order valence-electron chi connectivity index (χ3n) is 2.73. The van der Waals surface area contributed by atoms with Crippen molar-refractivity contribution in [3.05, 3.63) is 35.1 Å². The first-order chi connectivity index (χ1) is 9.13. The molecule has 0 spiro atoms. The minimum absolute atomic E-state index is 0. The van der Waals surface area contributed by atoms with Crippen molar-refractivity contribution in [2.75, 3.05) is 6.61 Å². The van der Waals surface area contributed by atoms with Gasteiger partial charge in [-0.25, -0.2) is 18.0 Å². The highest BCUT2D eigenvalue weighted by Gasteiger charge is 2.49. The molecular formula is C11H8ClF6NO2. The molecule has 2 rings (SSSR count). The molecule has 1 amide bonds. The van der Waals surface area contributed by atoms with Gasteiger partial charge in [0, 0.05) is 5.56 Å². The lowest BCUT2D eigenvalue weighted by Crippen LogP contribution is -2.50. The van der Waals surface area contributed by atoms with E-state index in [-0.39, 0.29) is 12.4 Å². The van der Waals surface area contributed by atoms with E-state index in [0.29, 0.717) is 6.07 Å². The van der Waals surface area contributed by atoms with E-state index in [1.807, 2.05) is 0 Å². The maximum Gasteiger partial charge on any atom is 0.419 e. The van der Waals surface area contributed by atoms with Crippen LogP contribution in [0.2, 0.25) is 0 Å². The van der Waals surface area contributed by atoms with Crippen LogP contribution in [-0.2, 0) is 10.9 Å². The predicted molar refractivity (Wildman–Crippen MR) is 60.8 cm³/mol. The van der Waals surface area contributed by atoms with E-state index in [4.69, 9.17) is 0 Å². The van der Waals surface area contributed by atoms with Gasteiger partial charge < -0.3 is 10.1 Å². The van der Waals surface area contributed by atoms with Crippen LogP contribution in [0.25, 0.3) is 0 Å². The molecule has 21 heavy (non-hydrogen) atoms. The van der Waals surface area contributed by atoms with Crippen LogP contribution in [0.15, 0.2) is 18.2 Å². The summed E-state index contributed by atoms with van der Waals surface area (Å²) in [6.07, 6.45) is -6.28. The molecule has 1 saturated heterocycles. The van der Waals surface area contributed by atoms with Gasteiger partial charge in [-0.05, 0) is 6.07 Å². The van der Waals surface area contributed by atoms with E-state index in [1.54, 1.807) is 5.32 Å². The molecule has 0 bridgehead atoms. The van der Waals surface area contributed by atoms with Crippen LogP contribution in [0, 0.1) is 5.82 Å². The van der Waals surface area contributed by atoms with Gasteiger partial charge >= 0.3 is 18.2 Å². The number of cyclic esters (lactones) is 1. The Morgan fingerprint density at radius 1 is 1.29 bits per heavy atom. The maximum atomic E-state index is 13.8. The Morgan fingerprint density at radius 2 is 1.90 bits per heavy atom. The summed E-state index contributed by atoms with van der Waals surface area (Å²) in [6, 6.07) is -0.239. The van der Waals surface area contributed by atoms with Gasteiger partial charge in [-0.1, -0.05) is 12.1 Å². The van der Waals surface area contributed by atoms with Crippen LogP contribution >= 0.6 is 12.4 Å². The number of rotatable bonds is 1. The third kappa shape index (κ3) is 3.34. The molecule has 0 aliphatic carbocycles. The second-order valence-electron chi connectivity index (χ2n) is 4.12. The van der Waals surface area contributed by atoms with Crippen LogP contribution in [-0.4, -0.2) is 18.6 Å². The second-order valence-corrected chi connectivity index (χ2v) is 4.12. The van der Waals surface area contributed by atoms with Gasteiger partial charge in [-0.3, -0.25) is 0 Å². The number of halogens is 7. The molecule has 1 atom stereocenters. The third-order valence-corrected chi connectivity index (χ3v) is 2.73. The fourth-order valence-electron chi connectivity index (χ4n) is 1.81. The Bertz CT molecular complexity index is 548. The minimum Gasteiger partial charge on any atom is -0.443 e. The van der Waals surface area contributed by atoms with Gasteiger partial charge in [0.05, 0.1) is 5.56 Å². The summed E-state index contributed by atoms with van der Waals surface area (Å²) in [5.41, 5.74) is -2.62. The predicted octanol–water partition coefficient (Wildman–Crippen LogP) is 3.68. The molecule has 3 nitrogen and oxygen atoms in total. The molecule has 1 aliphatic rings. The van der Waals surface area contributed by atoms with E-state index in [2.05, 4.69) is 4.74 Å².